The molecular formula is C16H17NO. The number of benzene rings is 1. The lowest BCUT2D eigenvalue weighted by molar-refractivity contribution is 0.0982. The van der Waals surface area contributed by atoms with E-state index in [-0.39, 0.29) is 5.78 Å². The molecule has 0 fully saturated rings. The molecule has 0 aliphatic rings. The van der Waals surface area contributed by atoms with E-state index in [9.17, 15) is 4.79 Å². The van der Waals surface area contributed by atoms with Crippen LogP contribution in [0.3, 0.4) is 0 Å². The molecule has 0 spiro atoms. The van der Waals surface area contributed by atoms with E-state index < -0.39 is 0 Å². The molecule has 0 bridgehead atoms. The number of nitrogens with zero attached hydrogens (tertiary/aromatic N) is 1. The third-order valence-corrected chi connectivity index (χ3v) is 3.08. The molecule has 1 aromatic carbocycles. The van der Waals surface area contributed by atoms with Crippen molar-refractivity contribution in [2.45, 2.75) is 26.7 Å². The minimum Gasteiger partial charge on any atom is -0.294 e. The summed E-state index contributed by atoms with van der Waals surface area (Å²) in [6.45, 7) is 4.00. The van der Waals surface area contributed by atoms with E-state index in [4.69, 9.17) is 0 Å². The fourth-order valence-electron chi connectivity index (χ4n) is 1.98. The first-order chi connectivity index (χ1) is 8.66. The predicted molar refractivity (Wildman–Crippen MR) is 72.8 cm³/mol. The normalized spacial score (nSPS) is 10.3. The molecule has 0 N–H and O–H groups in total. The minimum absolute atomic E-state index is 0.216. The number of rotatable bonds is 4. The zero-order chi connectivity index (χ0) is 13.0. The van der Waals surface area contributed by atoms with Crippen molar-refractivity contribution in [1.29, 1.82) is 0 Å². The minimum atomic E-state index is 0.216. The number of aromatic nitrogens is 1. The fourth-order valence-corrected chi connectivity index (χ4v) is 1.98. The molecule has 2 nitrogen and oxygen atoms in total. The second kappa shape index (κ2) is 5.58. The highest BCUT2D eigenvalue weighted by Gasteiger charge is 2.09. The zero-order valence-electron chi connectivity index (χ0n) is 10.8. The van der Waals surface area contributed by atoms with Crippen LogP contribution >= 0.6 is 0 Å². The Morgan fingerprint density at radius 2 is 1.83 bits per heavy atom. The van der Waals surface area contributed by atoms with Crippen LogP contribution in [0.15, 0.2) is 42.7 Å². The van der Waals surface area contributed by atoms with Gasteiger partial charge in [0.15, 0.2) is 5.78 Å². The Morgan fingerprint density at radius 3 is 2.56 bits per heavy atom. The van der Waals surface area contributed by atoms with E-state index >= 15 is 0 Å². The molecule has 1 heterocycles. The summed E-state index contributed by atoms with van der Waals surface area (Å²) in [5.74, 6) is 0.216. The van der Waals surface area contributed by atoms with Gasteiger partial charge in [0.2, 0.25) is 0 Å². The van der Waals surface area contributed by atoms with Gasteiger partial charge in [0, 0.05) is 24.4 Å². The molecule has 0 saturated carbocycles. The number of carbonyl (C=O) groups excluding carboxylic acids is 1. The summed E-state index contributed by atoms with van der Waals surface area (Å²) in [6.07, 6.45) is 4.85. The van der Waals surface area contributed by atoms with Crippen LogP contribution in [-0.2, 0) is 6.42 Å². The molecule has 0 amide bonds. The molecule has 0 unspecified atom stereocenters. The van der Waals surface area contributed by atoms with Gasteiger partial charge in [0.05, 0.1) is 0 Å². The summed E-state index contributed by atoms with van der Waals surface area (Å²) in [7, 11) is 0. The summed E-state index contributed by atoms with van der Waals surface area (Å²) < 4.78 is 0. The molecule has 2 rings (SSSR count). The first kappa shape index (κ1) is 12.5. The van der Waals surface area contributed by atoms with Gasteiger partial charge in [-0.2, -0.15) is 0 Å². The van der Waals surface area contributed by atoms with Gasteiger partial charge in [-0.05, 0) is 49.6 Å². The lowest BCUT2D eigenvalue weighted by atomic mass is 9.98. The smallest absolute Gasteiger partial charge is 0.163 e. The molecule has 2 heteroatoms. The van der Waals surface area contributed by atoms with Gasteiger partial charge in [-0.25, -0.2) is 0 Å². The van der Waals surface area contributed by atoms with Gasteiger partial charge in [-0.3, -0.25) is 9.78 Å². The zero-order valence-corrected chi connectivity index (χ0v) is 10.8. The van der Waals surface area contributed by atoms with Crippen molar-refractivity contribution in [2.24, 2.45) is 0 Å². The number of pyridine rings is 1. The molecule has 0 saturated heterocycles. The van der Waals surface area contributed by atoms with Crippen LogP contribution in [-0.4, -0.2) is 10.8 Å². The second-order valence-corrected chi connectivity index (χ2v) is 4.60. The quantitative estimate of drug-likeness (QED) is 0.764. The van der Waals surface area contributed by atoms with Crippen molar-refractivity contribution in [2.75, 3.05) is 0 Å². The highest BCUT2D eigenvalue weighted by atomic mass is 16.1. The number of hydrogen-bond acceptors (Lipinski definition) is 2. The molecule has 2 aromatic rings. The Hall–Kier alpha value is -1.96. The van der Waals surface area contributed by atoms with Gasteiger partial charge in [0.25, 0.3) is 0 Å². The van der Waals surface area contributed by atoms with Crippen molar-refractivity contribution < 1.29 is 4.79 Å². The Morgan fingerprint density at radius 1 is 1.11 bits per heavy atom. The third-order valence-electron chi connectivity index (χ3n) is 3.08. The largest absolute Gasteiger partial charge is 0.294 e. The third kappa shape index (κ3) is 3.04. The maximum atomic E-state index is 12.2. The lowest BCUT2D eigenvalue weighted by Crippen LogP contribution is -2.04. The van der Waals surface area contributed by atoms with Crippen LogP contribution in [0, 0.1) is 13.8 Å². The van der Waals surface area contributed by atoms with E-state index in [0.717, 1.165) is 28.7 Å². The highest BCUT2D eigenvalue weighted by Crippen LogP contribution is 2.14. The Labute approximate surface area is 108 Å². The number of aryl methyl sites for hydroxylation is 3. The van der Waals surface area contributed by atoms with E-state index in [1.165, 1.54) is 0 Å². The van der Waals surface area contributed by atoms with E-state index in [1.807, 2.05) is 44.2 Å². The second-order valence-electron chi connectivity index (χ2n) is 4.60. The monoisotopic (exact) mass is 239 g/mol. The first-order valence-electron chi connectivity index (χ1n) is 6.16. The van der Waals surface area contributed by atoms with E-state index in [0.29, 0.717) is 6.42 Å². The highest BCUT2D eigenvalue weighted by molar-refractivity contribution is 5.97. The first-order valence-corrected chi connectivity index (χ1v) is 6.16. The van der Waals surface area contributed by atoms with Crippen molar-refractivity contribution >= 4 is 5.78 Å². The standard InChI is InChI=1S/C16H17NO/c1-12-3-4-13(2)15(11-12)16(18)6-5-14-7-9-17-10-8-14/h3-4,7-11H,5-6H2,1-2H3. The molecule has 0 aliphatic carbocycles. The molecule has 0 radical (unpaired) electrons. The predicted octanol–water partition coefficient (Wildman–Crippen LogP) is 3.51. The number of hydrogen-bond donors (Lipinski definition) is 0. The SMILES string of the molecule is Cc1ccc(C)c(C(=O)CCc2ccncc2)c1. The fraction of sp³-hybridized carbons (Fsp3) is 0.250. The van der Waals surface area contributed by atoms with Crippen molar-refractivity contribution in [3.8, 4) is 0 Å². The molecule has 0 atom stereocenters. The summed E-state index contributed by atoms with van der Waals surface area (Å²) in [5, 5.41) is 0. The maximum absolute atomic E-state index is 12.2. The number of ketones is 1. The molecule has 0 aliphatic heterocycles. The summed E-state index contributed by atoms with van der Waals surface area (Å²) in [4.78, 5) is 16.1. The van der Waals surface area contributed by atoms with Crippen molar-refractivity contribution in [3.63, 3.8) is 0 Å². The Kier molecular flexibility index (Phi) is 3.88. The summed E-state index contributed by atoms with van der Waals surface area (Å²) in [6, 6.07) is 9.93. The number of Topliss-reactive ketones (excluding diaryl/α,β-unsaturated/α-hetero) is 1. The number of carbonyl (C=O) groups is 1. The van der Waals surface area contributed by atoms with Gasteiger partial charge < -0.3 is 0 Å². The molecular weight excluding hydrogens is 222 g/mol. The van der Waals surface area contributed by atoms with Crippen molar-refractivity contribution in [3.05, 3.63) is 65.0 Å². The summed E-state index contributed by atoms with van der Waals surface area (Å²) >= 11 is 0. The Balaban J connectivity index is 2.06. The van der Waals surface area contributed by atoms with Crippen LogP contribution in [0.25, 0.3) is 0 Å². The van der Waals surface area contributed by atoms with Gasteiger partial charge in [0.1, 0.15) is 0 Å². The topological polar surface area (TPSA) is 30.0 Å². The van der Waals surface area contributed by atoms with Crippen LogP contribution in [0.5, 0.6) is 0 Å². The Bertz CT molecular complexity index is 546. The van der Waals surface area contributed by atoms with Crippen LogP contribution in [0.1, 0.15) is 33.5 Å². The average molecular weight is 239 g/mol. The van der Waals surface area contributed by atoms with E-state index in [2.05, 4.69) is 4.98 Å². The molecule has 1 aromatic heterocycles. The lowest BCUT2D eigenvalue weighted by Gasteiger charge is -2.06. The van der Waals surface area contributed by atoms with Gasteiger partial charge in [-0.15, -0.1) is 0 Å². The van der Waals surface area contributed by atoms with Crippen molar-refractivity contribution in [1.82, 2.24) is 4.98 Å². The molecule has 92 valence electrons. The van der Waals surface area contributed by atoms with Crippen LogP contribution in [0.2, 0.25) is 0 Å². The van der Waals surface area contributed by atoms with Gasteiger partial charge >= 0.3 is 0 Å². The maximum Gasteiger partial charge on any atom is 0.163 e. The van der Waals surface area contributed by atoms with E-state index in [1.54, 1.807) is 12.4 Å². The van der Waals surface area contributed by atoms with Gasteiger partial charge in [-0.1, -0.05) is 17.7 Å². The van der Waals surface area contributed by atoms with Crippen LogP contribution < -0.4 is 0 Å². The summed E-state index contributed by atoms with van der Waals surface area (Å²) in [5.41, 5.74) is 4.20. The molecule has 18 heavy (non-hydrogen) atoms. The van der Waals surface area contributed by atoms with Crippen LogP contribution in [0.4, 0.5) is 0 Å². The average Bonchev–Trinajstić information content (AvgIpc) is 2.40.